The standard InChI is InChI=1S/C15H18Cl2N2O2/c1-3-9(2)18-14(20)11-6-7-19(15(11)21)10-4-5-12(16)13(17)8-10/h4-5,8-9,11H,3,6-7H2,1-2H3,(H,18,20)/t9-,11+/m1/s1. The third kappa shape index (κ3) is 3.50. The normalized spacial score (nSPS) is 19.7. The summed E-state index contributed by atoms with van der Waals surface area (Å²) in [5.74, 6) is -1.00. The molecule has 1 aromatic rings. The zero-order valence-corrected chi connectivity index (χ0v) is 13.5. The van der Waals surface area contributed by atoms with Gasteiger partial charge < -0.3 is 10.2 Å². The maximum absolute atomic E-state index is 12.4. The van der Waals surface area contributed by atoms with Gasteiger partial charge in [0, 0.05) is 18.3 Å². The lowest BCUT2D eigenvalue weighted by Crippen LogP contribution is -2.40. The zero-order valence-electron chi connectivity index (χ0n) is 12.0. The molecule has 2 amide bonds. The van der Waals surface area contributed by atoms with Gasteiger partial charge in [-0.05, 0) is 38.0 Å². The van der Waals surface area contributed by atoms with Crippen LogP contribution in [0, 0.1) is 5.92 Å². The molecule has 2 rings (SSSR count). The van der Waals surface area contributed by atoms with Crippen molar-refractivity contribution in [2.75, 3.05) is 11.4 Å². The second-order valence-electron chi connectivity index (χ2n) is 5.25. The molecule has 1 aromatic carbocycles. The predicted molar refractivity (Wildman–Crippen MR) is 84.8 cm³/mol. The number of rotatable bonds is 4. The summed E-state index contributed by atoms with van der Waals surface area (Å²) in [6.45, 7) is 4.42. The lowest BCUT2D eigenvalue weighted by molar-refractivity contribution is -0.132. The minimum Gasteiger partial charge on any atom is -0.353 e. The highest BCUT2D eigenvalue weighted by atomic mass is 35.5. The maximum atomic E-state index is 12.4. The summed E-state index contributed by atoms with van der Waals surface area (Å²) >= 11 is 11.9. The van der Waals surface area contributed by atoms with E-state index in [1.807, 2.05) is 13.8 Å². The Bertz CT molecular complexity index is 563. The van der Waals surface area contributed by atoms with Crippen LogP contribution in [0.25, 0.3) is 0 Å². The number of carbonyl (C=O) groups excluding carboxylic acids is 2. The van der Waals surface area contributed by atoms with Crippen molar-refractivity contribution < 1.29 is 9.59 Å². The molecular weight excluding hydrogens is 311 g/mol. The zero-order chi connectivity index (χ0) is 15.6. The first kappa shape index (κ1) is 16.1. The number of benzene rings is 1. The molecule has 0 aromatic heterocycles. The van der Waals surface area contributed by atoms with E-state index in [-0.39, 0.29) is 17.9 Å². The molecule has 0 unspecified atom stereocenters. The molecule has 4 nitrogen and oxygen atoms in total. The summed E-state index contributed by atoms with van der Waals surface area (Å²) in [7, 11) is 0. The lowest BCUT2D eigenvalue weighted by atomic mass is 10.1. The topological polar surface area (TPSA) is 49.4 Å². The number of hydrogen-bond acceptors (Lipinski definition) is 2. The van der Waals surface area contributed by atoms with E-state index in [0.717, 1.165) is 6.42 Å². The van der Waals surface area contributed by atoms with E-state index < -0.39 is 5.92 Å². The highest BCUT2D eigenvalue weighted by molar-refractivity contribution is 6.42. The number of amides is 2. The molecule has 21 heavy (non-hydrogen) atoms. The van der Waals surface area contributed by atoms with Gasteiger partial charge >= 0.3 is 0 Å². The van der Waals surface area contributed by atoms with Crippen LogP contribution in [0.4, 0.5) is 5.69 Å². The fourth-order valence-corrected chi connectivity index (χ4v) is 2.57. The van der Waals surface area contributed by atoms with Crippen molar-refractivity contribution in [3.8, 4) is 0 Å². The van der Waals surface area contributed by atoms with Crippen LogP contribution in [0.3, 0.4) is 0 Å². The van der Waals surface area contributed by atoms with Crippen molar-refractivity contribution in [2.24, 2.45) is 5.92 Å². The molecular formula is C15H18Cl2N2O2. The molecule has 1 aliphatic heterocycles. The van der Waals surface area contributed by atoms with Gasteiger partial charge in [0.05, 0.1) is 10.0 Å². The molecule has 6 heteroatoms. The van der Waals surface area contributed by atoms with E-state index >= 15 is 0 Å². The fraction of sp³-hybridized carbons (Fsp3) is 0.467. The van der Waals surface area contributed by atoms with E-state index in [9.17, 15) is 9.59 Å². The minimum atomic E-state index is -0.617. The first-order chi connectivity index (χ1) is 9.93. The van der Waals surface area contributed by atoms with Crippen molar-refractivity contribution in [1.29, 1.82) is 0 Å². The van der Waals surface area contributed by atoms with Crippen LogP contribution in [0.15, 0.2) is 18.2 Å². The van der Waals surface area contributed by atoms with E-state index in [0.29, 0.717) is 28.7 Å². The summed E-state index contributed by atoms with van der Waals surface area (Å²) in [4.78, 5) is 26.1. The summed E-state index contributed by atoms with van der Waals surface area (Å²) < 4.78 is 0. The van der Waals surface area contributed by atoms with Crippen molar-refractivity contribution in [3.63, 3.8) is 0 Å². The Labute approximate surface area is 134 Å². The Morgan fingerprint density at radius 3 is 2.76 bits per heavy atom. The van der Waals surface area contributed by atoms with Crippen LogP contribution >= 0.6 is 23.2 Å². The average molecular weight is 329 g/mol. The summed E-state index contributed by atoms with van der Waals surface area (Å²) in [6, 6.07) is 5.11. The molecule has 2 atom stereocenters. The Hall–Kier alpha value is -1.26. The highest BCUT2D eigenvalue weighted by Crippen LogP contribution is 2.31. The second kappa shape index (κ2) is 6.67. The van der Waals surface area contributed by atoms with Crippen molar-refractivity contribution in [2.45, 2.75) is 32.7 Å². The van der Waals surface area contributed by atoms with Gasteiger partial charge in [-0.3, -0.25) is 9.59 Å². The van der Waals surface area contributed by atoms with Gasteiger partial charge in [0.15, 0.2) is 0 Å². The molecule has 1 saturated heterocycles. The SMILES string of the molecule is CC[C@@H](C)NC(=O)[C@@H]1CCN(c2ccc(Cl)c(Cl)c2)C1=O. The van der Waals surface area contributed by atoms with Gasteiger partial charge in [0.1, 0.15) is 5.92 Å². The molecule has 1 fully saturated rings. The Balaban J connectivity index is 2.10. The van der Waals surface area contributed by atoms with Gasteiger partial charge in [0.25, 0.3) is 0 Å². The third-order valence-corrected chi connectivity index (χ3v) is 4.48. The number of halogens is 2. The molecule has 1 heterocycles. The van der Waals surface area contributed by atoms with E-state index in [1.54, 1.807) is 23.1 Å². The Morgan fingerprint density at radius 1 is 1.43 bits per heavy atom. The Kier molecular flexibility index (Phi) is 5.12. The molecule has 0 aliphatic carbocycles. The summed E-state index contributed by atoms with van der Waals surface area (Å²) in [6.07, 6.45) is 1.35. The largest absolute Gasteiger partial charge is 0.353 e. The number of nitrogens with zero attached hydrogens (tertiary/aromatic N) is 1. The summed E-state index contributed by atoms with van der Waals surface area (Å²) in [5.41, 5.74) is 0.674. The molecule has 1 N–H and O–H groups in total. The molecule has 0 saturated carbocycles. The van der Waals surface area contributed by atoms with Crippen LogP contribution in [-0.2, 0) is 9.59 Å². The third-order valence-electron chi connectivity index (χ3n) is 3.74. The molecule has 0 bridgehead atoms. The van der Waals surface area contributed by atoms with E-state index in [4.69, 9.17) is 23.2 Å². The van der Waals surface area contributed by atoms with E-state index in [2.05, 4.69) is 5.32 Å². The van der Waals surface area contributed by atoms with Crippen LogP contribution in [0.1, 0.15) is 26.7 Å². The van der Waals surface area contributed by atoms with Crippen LogP contribution in [0.5, 0.6) is 0 Å². The smallest absolute Gasteiger partial charge is 0.239 e. The second-order valence-corrected chi connectivity index (χ2v) is 6.06. The quantitative estimate of drug-likeness (QED) is 0.862. The number of carbonyl (C=O) groups is 2. The van der Waals surface area contributed by atoms with Gasteiger partial charge in [-0.2, -0.15) is 0 Å². The number of nitrogens with one attached hydrogen (secondary N) is 1. The minimum absolute atomic E-state index is 0.0735. The van der Waals surface area contributed by atoms with Crippen molar-refractivity contribution in [3.05, 3.63) is 28.2 Å². The molecule has 0 spiro atoms. The maximum Gasteiger partial charge on any atom is 0.239 e. The monoisotopic (exact) mass is 328 g/mol. The van der Waals surface area contributed by atoms with E-state index in [1.165, 1.54) is 0 Å². The van der Waals surface area contributed by atoms with Crippen molar-refractivity contribution in [1.82, 2.24) is 5.32 Å². The van der Waals surface area contributed by atoms with Gasteiger partial charge in [-0.15, -0.1) is 0 Å². The summed E-state index contributed by atoms with van der Waals surface area (Å²) in [5, 5.41) is 3.70. The van der Waals surface area contributed by atoms with Gasteiger partial charge in [0.2, 0.25) is 11.8 Å². The van der Waals surface area contributed by atoms with Gasteiger partial charge in [-0.1, -0.05) is 30.1 Å². The molecule has 0 radical (unpaired) electrons. The fourth-order valence-electron chi connectivity index (χ4n) is 2.28. The van der Waals surface area contributed by atoms with Crippen LogP contribution in [-0.4, -0.2) is 24.4 Å². The predicted octanol–water partition coefficient (Wildman–Crippen LogP) is 3.26. The number of anilines is 1. The Morgan fingerprint density at radius 2 is 2.14 bits per heavy atom. The highest BCUT2D eigenvalue weighted by Gasteiger charge is 2.37. The average Bonchev–Trinajstić information content (AvgIpc) is 2.83. The molecule has 1 aliphatic rings. The first-order valence-corrected chi connectivity index (χ1v) is 7.76. The van der Waals surface area contributed by atoms with Gasteiger partial charge in [-0.25, -0.2) is 0 Å². The lowest BCUT2D eigenvalue weighted by Gasteiger charge is -2.18. The first-order valence-electron chi connectivity index (χ1n) is 7.00. The van der Waals surface area contributed by atoms with Crippen LogP contribution < -0.4 is 10.2 Å². The van der Waals surface area contributed by atoms with Crippen molar-refractivity contribution >= 4 is 40.7 Å². The number of hydrogen-bond donors (Lipinski definition) is 1. The molecule has 114 valence electrons. The van der Waals surface area contributed by atoms with Crippen LogP contribution in [0.2, 0.25) is 10.0 Å².